The molecule has 0 saturated carbocycles. The summed E-state index contributed by atoms with van der Waals surface area (Å²) < 4.78 is 33.9. The van der Waals surface area contributed by atoms with E-state index in [1.165, 1.54) is 0 Å². The van der Waals surface area contributed by atoms with Crippen molar-refractivity contribution >= 4 is 0 Å². The Kier molecular flexibility index (Phi) is 8.16. The summed E-state index contributed by atoms with van der Waals surface area (Å²) >= 11 is -6.02. The molecule has 0 amide bonds. The predicted octanol–water partition coefficient (Wildman–Crippen LogP) is 3.24. The molecule has 8 heteroatoms. The van der Waals surface area contributed by atoms with Gasteiger partial charge in [0.2, 0.25) is 0 Å². The molecule has 0 unspecified atom stereocenters. The van der Waals surface area contributed by atoms with Crippen molar-refractivity contribution < 1.29 is 43.5 Å². The molecule has 0 spiro atoms. The summed E-state index contributed by atoms with van der Waals surface area (Å²) in [6, 6.07) is 0. The molecule has 0 aliphatic heterocycles. The van der Waals surface area contributed by atoms with Gasteiger partial charge in [-0.2, -0.15) is 0 Å². The standard InChI is InChI=1S/2C3H8O2.2C3H7O.O.Ti/c2*1-3(2)5-4;2*1-3(2)4;;/h2*3-4H,1-2H3;2*3H,1-2H3;;/q;;2*-1;;+4/p-2. The second-order valence-corrected chi connectivity index (χ2v) is 9.48. The number of hydrogen-bond donors (Lipinski definition) is 0. The van der Waals surface area contributed by atoms with Gasteiger partial charge in [-0.25, -0.2) is 0 Å². The molecule has 0 radical (unpaired) electrons. The van der Waals surface area contributed by atoms with Gasteiger partial charge in [0.1, 0.15) is 0 Å². The Labute approximate surface area is 123 Å². The zero-order valence-electron chi connectivity index (χ0n) is 13.7. The maximum atomic E-state index is 13.2. The van der Waals surface area contributed by atoms with Gasteiger partial charge in [-0.3, -0.25) is 0 Å². The monoisotopic (exact) mass is 332 g/mol. The van der Waals surface area contributed by atoms with E-state index in [-0.39, 0.29) is 12.2 Å². The van der Waals surface area contributed by atoms with Crippen LogP contribution >= 0.6 is 0 Å². The van der Waals surface area contributed by atoms with Crippen LogP contribution < -0.4 is 0 Å². The average molecular weight is 332 g/mol. The summed E-state index contributed by atoms with van der Waals surface area (Å²) in [5, 5.41) is 0. The summed E-state index contributed by atoms with van der Waals surface area (Å²) in [4.78, 5) is 9.92. The van der Waals surface area contributed by atoms with Crippen LogP contribution in [0.15, 0.2) is 0 Å². The predicted molar refractivity (Wildman–Crippen MR) is 67.7 cm³/mol. The molecule has 20 heavy (non-hydrogen) atoms. The molecule has 0 atom stereocenters. The van der Waals surface area contributed by atoms with E-state index in [9.17, 15) is 3.32 Å². The third kappa shape index (κ3) is 7.90. The quantitative estimate of drug-likeness (QED) is 0.345. The van der Waals surface area contributed by atoms with Crippen LogP contribution in [0.2, 0.25) is 0 Å². The fourth-order valence-electron chi connectivity index (χ4n) is 1.24. The molecular formula is C12H28O7Ti. The van der Waals surface area contributed by atoms with Crippen LogP contribution in [0.3, 0.4) is 0 Å². The summed E-state index contributed by atoms with van der Waals surface area (Å²) in [7, 11) is 0. The second kappa shape index (κ2) is 8.05. The molecule has 0 N–H and O–H groups in total. The summed E-state index contributed by atoms with van der Waals surface area (Å²) in [5.74, 6) is 0. The molecule has 0 fully saturated rings. The van der Waals surface area contributed by atoms with E-state index in [1.54, 1.807) is 55.4 Å². The average Bonchev–Trinajstić information content (AvgIpc) is 2.22. The van der Waals surface area contributed by atoms with Gasteiger partial charge in [0, 0.05) is 0 Å². The maximum absolute atomic E-state index is 13.2. The molecule has 122 valence electrons. The van der Waals surface area contributed by atoms with Crippen molar-refractivity contribution in [2.75, 3.05) is 0 Å². The molecule has 0 aromatic rings. The zero-order chi connectivity index (χ0) is 16.0. The third-order valence-corrected chi connectivity index (χ3v) is 5.43. The topological polar surface area (TPSA) is 72.5 Å². The van der Waals surface area contributed by atoms with E-state index in [2.05, 4.69) is 0 Å². The Balaban J connectivity index is 5.32. The fraction of sp³-hybridized carbons (Fsp3) is 1.00. The summed E-state index contributed by atoms with van der Waals surface area (Å²) in [6.45, 7) is 13.6. The minimum absolute atomic E-state index is 0.346. The molecule has 0 aliphatic carbocycles. The first-order chi connectivity index (χ1) is 8.96. The van der Waals surface area contributed by atoms with E-state index in [4.69, 9.17) is 23.4 Å². The van der Waals surface area contributed by atoms with Gasteiger partial charge in [0.15, 0.2) is 0 Å². The van der Waals surface area contributed by atoms with Crippen LogP contribution in [-0.2, 0) is 43.5 Å². The fourth-order valence-corrected chi connectivity index (χ4v) is 5.11. The third-order valence-electron chi connectivity index (χ3n) is 1.61. The number of rotatable bonds is 10. The van der Waals surface area contributed by atoms with Crippen LogP contribution in [-0.4, -0.2) is 24.4 Å². The van der Waals surface area contributed by atoms with Crippen molar-refractivity contribution in [2.45, 2.75) is 79.8 Å². The summed E-state index contributed by atoms with van der Waals surface area (Å²) in [5.41, 5.74) is 0. The van der Waals surface area contributed by atoms with E-state index in [0.717, 1.165) is 0 Å². The van der Waals surface area contributed by atoms with Crippen LogP contribution in [0.4, 0.5) is 0 Å². The van der Waals surface area contributed by atoms with Crippen molar-refractivity contribution in [3.05, 3.63) is 0 Å². The molecule has 0 saturated heterocycles. The summed E-state index contributed by atoms with van der Waals surface area (Å²) in [6.07, 6.45) is -1.62. The Hall–Kier alpha value is 0.274. The van der Waals surface area contributed by atoms with E-state index in [0.29, 0.717) is 0 Å². The van der Waals surface area contributed by atoms with Crippen LogP contribution in [0.25, 0.3) is 0 Å². The Morgan fingerprint density at radius 1 is 0.600 bits per heavy atom. The molecule has 7 nitrogen and oxygen atoms in total. The molecule has 0 aliphatic rings. The van der Waals surface area contributed by atoms with E-state index >= 15 is 0 Å². The minimum atomic E-state index is -6.02. The molecule has 0 heterocycles. The Morgan fingerprint density at radius 3 is 1.10 bits per heavy atom. The zero-order valence-corrected chi connectivity index (χ0v) is 15.2. The molecule has 0 rings (SSSR count). The van der Waals surface area contributed by atoms with Crippen LogP contribution in [0, 0.1) is 0 Å². The van der Waals surface area contributed by atoms with Gasteiger partial charge in [0.25, 0.3) is 0 Å². The van der Waals surface area contributed by atoms with Gasteiger partial charge >= 0.3 is 123 Å². The number of hydrogen-bond acceptors (Lipinski definition) is 7. The molecule has 0 bridgehead atoms. The second-order valence-electron chi connectivity index (χ2n) is 5.62. The molecule has 0 aromatic carbocycles. The van der Waals surface area contributed by atoms with Crippen molar-refractivity contribution in [3.8, 4) is 0 Å². The van der Waals surface area contributed by atoms with Gasteiger partial charge in [-0.1, -0.05) is 0 Å². The van der Waals surface area contributed by atoms with Crippen molar-refractivity contribution in [2.24, 2.45) is 0 Å². The van der Waals surface area contributed by atoms with Gasteiger partial charge in [0.05, 0.1) is 0 Å². The molecular weight excluding hydrogens is 304 g/mol. The van der Waals surface area contributed by atoms with Crippen molar-refractivity contribution in [3.63, 3.8) is 0 Å². The van der Waals surface area contributed by atoms with Gasteiger partial charge in [-0.15, -0.1) is 0 Å². The van der Waals surface area contributed by atoms with Crippen molar-refractivity contribution in [1.29, 1.82) is 0 Å². The SMILES string of the molecule is CC(C)O[O][Ti](=[O])([O]OC(C)C)([O]C(C)C)[O]C(C)C. The Bertz CT molecular complexity index is 307. The van der Waals surface area contributed by atoms with Crippen molar-refractivity contribution in [1.82, 2.24) is 0 Å². The molecule has 0 aromatic heterocycles. The first kappa shape index (κ1) is 20.3. The first-order valence-electron chi connectivity index (χ1n) is 6.92. The van der Waals surface area contributed by atoms with Crippen LogP contribution in [0.5, 0.6) is 0 Å². The van der Waals surface area contributed by atoms with E-state index < -0.39 is 29.0 Å². The van der Waals surface area contributed by atoms with Gasteiger partial charge in [-0.05, 0) is 0 Å². The van der Waals surface area contributed by atoms with Crippen LogP contribution in [0.1, 0.15) is 55.4 Å². The first-order valence-corrected chi connectivity index (χ1v) is 10.1. The van der Waals surface area contributed by atoms with E-state index in [1.807, 2.05) is 0 Å². The Morgan fingerprint density at radius 2 is 0.900 bits per heavy atom. The normalized spacial score (nSPS) is 14.1. The van der Waals surface area contributed by atoms with Gasteiger partial charge < -0.3 is 0 Å².